The second kappa shape index (κ2) is 10.7. The fourth-order valence-electron chi connectivity index (χ4n) is 3.62. The van der Waals surface area contributed by atoms with E-state index in [2.05, 4.69) is 120 Å². The summed E-state index contributed by atoms with van der Waals surface area (Å²) in [4.78, 5) is 3.53. The van der Waals surface area contributed by atoms with Gasteiger partial charge in [0, 0.05) is 16.6 Å². The molecule has 36 heavy (non-hydrogen) atoms. The molecule has 4 nitrogen and oxygen atoms in total. The Kier molecular flexibility index (Phi) is 7.59. The molecular formula is C27H21F3NO3PS. The van der Waals surface area contributed by atoms with Crippen molar-refractivity contribution < 1.29 is 26.1 Å². The van der Waals surface area contributed by atoms with Crippen molar-refractivity contribution in [2.75, 3.05) is 0 Å². The van der Waals surface area contributed by atoms with Crippen LogP contribution >= 0.6 is 7.92 Å². The Labute approximate surface area is 207 Å². The quantitative estimate of drug-likeness (QED) is 0.172. The molecule has 0 saturated carbocycles. The zero-order valence-electron chi connectivity index (χ0n) is 18.7. The third kappa shape index (κ3) is 6.02. The Morgan fingerprint density at radius 3 is 1.58 bits per heavy atom. The highest BCUT2D eigenvalue weighted by atomic mass is 32.2. The number of halogens is 3. The van der Waals surface area contributed by atoms with E-state index in [0.29, 0.717) is 0 Å². The van der Waals surface area contributed by atoms with Crippen molar-refractivity contribution in [1.82, 2.24) is 4.98 Å². The van der Waals surface area contributed by atoms with E-state index in [4.69, 9.17) is 13.0 Å². The van der Waals surface area contributed by atoms with Crippen molar-refractivity contribution >= 4 is 44.9 Å². The Bertz CT molecular complexity index is 1460. The summed E-state index contributed by atoms with van der Waals surface area (Å²) in [6, 6.07) is 41.3. The Balaban J connectivity index is 0.000000331. The number of alkyl halides is 3. The van der Waals surface area contributed by atoms with E-state index in [1.807, 2.05) is 0 Å². The fraction of sp³-hybridized carbons (Fsp3) is 0.0370. The first-order valence-corrected chi connectivity index (χ1v) is 13.5. The molecule has 1 aromatic heterocycles. The van der Waals surface area contributed by atoms with E-state index < -0.39 is 23.5 Å². The average molecular weight is 528 g/mol. The molecule has 0 aliphatic carbocycles. The second-order valence-corrected chi connectivity index (χ2v) is 11.4. The molecule has 4 aromatic carbocycles. The third-order valence-electron chi connectivity index (χ3n) is 5.29. The molecule has 2 N–H and O–H groups in total. The van der Waals surface area contributed by atoms with Gasteiger partial charge in [0.2, 0.25) is 0 Å². The highest BCUT2D eigenvalue weighted by Gasteiger charge is 2.44. The van der Waals surface area contributed by atoms with Gasteiger partial charge in [-0.05, 0) is 41.5 Å². The number of aromatic amines is 1. The summed E-state index contributed by atoms with van der Waals surface area (Å²) in [5.74, 6) is 0. The van der Waals surface area contributed by atoms with Gasteiger partial charge in [0.1, 0.15) is 0 Å². The zero-order chi connectivity index (χ0) is 25.8. The molecule has 0 radical (unpaired) electrons. The van der Waals surface area contributed by atoms with Crippen LogP contribution in [0, 0.1) is 0 Å². The molecule has 0 bridgehead atoms. The van der Waals surface area contributed by atoms with E-state index >= 15 is 0 Å². The molecule has 0 fully saturated rings. The van der Waals surface area contributed by atoms with Crippen molar-refractivity contribution in [2.45, 2.75) is 5.51 Å². The number of nitrogens with one attached hydrogen (secondary N) is 1. The summed E-state index contributed by atoms with van der Waals surface area (Å²) in [5.41, 5.74) is -1.97. The van der Waals surface area contributed by atoms with Crippen molar-refractivity contribution in [3.63, 3.8) is 0 Å². The first-order valence-electron chi connectivity index (χ1n) is 10.8. The van der Waals surface area contributed by atoms with Gasteiger partial charge >= 0.3 is 15.6 Å². The maximum absolute atomic E-state index is 10.7. The number of fused-ring (bicyclic) bond motifs is 1. The van der Waals surface area contributed by atoms with Crippen LogP contribution in [0.2, 0.25) is 0 Å². The highest BCUT2D eigenvalue weighted by molar-refractivity contribution is 7.86. The first kappa shape index (κ1) is 25.6. The molecular weight excluding hydrogens is 506 g/mol. The number of H-pyrrole nitrogens is 1. The minimum Gasteiger partial charge on any atom is -0.355 e. The molecule has 0 atom stereocenters. The van der Waals surface area contributed by atoms with E-state index in [0.717, 1.165) is 5.69 Å². The lowest BCUT2D eigenvalue weighted by Gasteiger charge is -2.19. The van der Waals surface area contributed by atoms with Gasteiger partial charge in [-0.15, -0.1) is 0 Å². The molecule has 5 aromatic rings. The van der Waals surface area contributed by atoms with Crippen LogP contribution in [-0.4, -0.2) is 23.5 Å². The molecule has 0 unspecified atom stereocenters. The molecule has 1 heterocycles. The smallest absolute Gasteiger partial charge is 0.355 e. The molecule has 9 heteroatoms. The molecule has 5 rings (SSSR count). The summed E-state index contributed by atoms with van der Waals surface area (Å²) < 4.78 is 57.5. The lowest BCUT2D eigenvalue weighted by atomic mass is 10.1. The van der Waals surface area contributed by atoms with E-state index in [1.165, 1.54) is 32.4 Å². The summed E-state index contributed by atoms with van der Waals surface area (Å²) in [7, 11) is -6.40. The minimum atomic E-state index is -5.84. The molecule has 0 saturated heterocycles. The SMILES string of the molecule is O=S(=O)(O)C(F)(F)F.c1ccc(P(c2ccccc2)c2ccc(-c3cc4ccccc4[nH]3)cc2)cc1. The van der Waals surface area contributed by atoms with Crippen LogP contribution in [0.5, 0.6) is 0 Å². The number of hydrogen-bond acceptors (Lipinski definition) is 2. The van der Waals surface area contributed by atoms with E-state index in [9.17, 15) is 13.2 Å². The van der Waals surface area contributed by atoms with Crippen LogP contribution in [0.4, 0.5) is 13.2 Å². The van der Waals surface area contributed by atoms with E-state index in [1.54, 1.807) is 0 Å². The standard InChI is InChI=1S/C26H20NP.CHF3O3S/c1-3-10-22(11-4-1)28(23-12-5-2-6-13-23)24-17-15-20(16-18-24)26-19-21-9-7-8-14-25(21)27-26;2-1(3,4)8(5,6)7/h1-19,27H;(H,5,6,7). The van der Waals surface area contributed by atoms with Crippen LogP contribution < -0.4 is 15.9 Å². The van der Waals surface area contributed by atoms with Gasteiger partial charge in [-0.3, -0.25) is 4.55 Å². The summed E-state index contributed by atoms with van der Waals surface area (Å²) >= 11 is 0. The monoisotopic (exact) mass is 527 g/mol. The summed E-state index contributed by atoms with van der Waals surface area (Å²) in [6.07, 6.45) is 0. The molecule has 0 aliphatic heterocycles. The number of hydrogen-bond donors (Lipinski definition) is 2. The molecule has 0 spiro atoms. The van der Waals surface area contributed by atoms with Crippen molar-refractivity contribution in [3.05, 3.63) is 115 Å². The lowest BCUT2D eigenvalue weighted by molar-refractivity contribution is -0.0510. The lowest BCUT2D eigenvalue weighted by Crippen LogP contribution is -2.21. The van der Waals surface area contributed by atoms with Gasteiger partial charge in [-0.1, -0.05) is 103 Å². The van der Waals surface area contributed by atoms with Crippen LogP contribution in [0.15, 0.2) is 115 Å². The van der Waals surface area contributed by atoms with Gasteiger partial charge in [0.15, 0.2) is 0 Å². The maximum atomic E-state index is 10.7. The molecule has 184 valence electrons. The molecule has 0 amide bonds. The largest absolute Gasteiger partial charge is 0.522 e. The number of benzene rings is 4. The van der Waals surface area contributed by atoms with E-state index in [-0.39, 0.29) is 0 Å². The zero-order valence-corrected chi connectivity index (χ0v) is 20.4. The van der Waals surface area contributed by atoms with Crippen LogP contribution in [-0.2, 0) is 10.1 Å². The Morgan fingerprint density at radius 1 is 0.667 bits per heavy atom. The van der Waals surface area contributed by atoms with Gasteiger partial charge in [0.25, 0.3) is 0 Å². The number of aromatic nitrogens is 1. The minimum absolute atomic E-state index is 0.557. The highest BCUT2D eigenvalue weighted by Crippen LogP contribution is 2.33. The predicted octanol–water partition coefficient (Wildman–Crippen LogP) is 5.99. The van der Waals surface area contributed by atoms with Crippen molar-refractivity contribution in [3.8, 4) is 11.3 Å². The van der Waals surface area contributed by atoms with Gasteiger partial charge in [-0.2, -0.15) is 21.6 Å². The van der Waals surface area contributed by atoms with Gasteiger partial charge < -0.3 is 4.98 Å². The fourth-order valence-corrected chi connectivity index (χ4v) is 5.90. The normalized spacial score (nSPS) is 11.8. The first-order chi connectivity index (χ1) is 17.1. The Morgan fingerprint density at radius 2 is 1.11 bits per heavy atom. The van der Waals surface area contributed by atoms with Crippen LogP contribution in [0.1, 0.15) is 0 Å². The predicted molar refractivity (Wildman–Crippen MR) is 140 cm³/mol. The average Bonchev–Trinajstić information content (AvgIpc) is 3.30. The van der Waals surface area contributed by atoms with Gasteiger partial charge in [-0.25, -0.2) is 0 Å². The van der Waals surface area contributed by atoms with Crippen molar-refractivity contribution in [1.29, 1.82) is 0 Å². The van der Waals surface area contributed by atoms with Gasteiger partial charge in [0.05, 0.1) is 0 Å². The second-order valence-electron chi connectivity index (χ2n) is 7.74. The summed E-state index contributed by atoms with van der Waals surface area (Å²) in [5, 5.41) is 5.37. The van der Waals surface area contributed by atoms with Crippen molar-refractivity contribution in [2.24, 2.45) is 0 Å². The molecule has 0 aliphatic rings. The van der Waals surface area contributed by atoms with Crippen LogP contribution in [0.25, 0.3) is 22.2 Å². The van der Waals surface area contributed by atoms with Crippen LogP contribution in [0.3, 0.4) is 0 Å². The summed E-state index contributed by atoms with van der Waals surface area (Å²) in [6.45, 7) is 0. The topological polar surface area (TPSA) is 70.2 Å². The number of para-hydroxylation sites is 1. The Hall–Kier alpha value is -3.45. The maximum Gasteiger partial charge on any atom is 0.522 e. The third-order valence-corrected chi connectivity index (χ3v) is 8.32. The number of rotatable bonds is 4.